The van der Waals surface area contributed by atoms with Gasteiger partial charge in [0.1, 0.15) is 0 Å². The highest BCUT2D eigenvalue weighted by atomic mass is 32.2. The minimum Gasteiger partial charge on any atom is -0.335 e. The van der Waals surface area contributed by atoms with Gasteiger partial charge in [-0.05, 0) is 49.4 Å². The van der Waals surface area contributed by atoms with Crippen LogP contribution in [0.3, 0.4) is 0 Å². The number of rotatable bonds is 9. The Hall–Kier alpha value is -2.11. The number of aromatic nitrogens is 2. The Balaban J connectivity index is 1.64. The Morgan fingerprint density at radius 1 is 0.903 bits per heavy atom. The summed E-state index contributed by atoms with van der Waals surface area (Å²) in [4.78, 5) is 4.86. The molecule has 5 nitrogen and oxygen atoms in total. The van der Waals surface area contributed by atoms with Crippen LogP contribution in [0.25, 0.3) is 21.9 Å². The van der Waals surface area contributed by atoms with Gasteiger partial charge in [0.15, 0.2) is 0 Å². The quantitative estimate of drug-likeness (QED) is 0.207. The van der Waals surface area contributed by atoms with E-state index in [1.807, 2.05) is 32.2 Å². The normalized spacial score (nSPS) is 12.1. The van der Waals surface area contributed by atoms with Crippen LogP contribution in [-0.4, -0.2) is 29.0 Å². The van der Waals surface area contributed by atoms with Crippen LogP contribution >= 0.6 is 19.4 Å². The zero-order chi connectivity index (χ0) is 21.8. The fourth-order valence-corrected chi connectivity index (χ4v) is 5.94. The van der Waals surface area contributed by atoms with Gasteiger partial charge in [0, 0.05) is 11.9 Å². The topological polar surface area (TPSA) is 53.4 Å². The van der Waals surface area contributed by atoms with Gasteiger partial charge in [-0.25, -0.2) is 4.98 Å². The third-order valence-corrected chi connectivity index (χ3v) is 7.89. The summed E-state index contributed by atoms with van der Waals surface area (Å²) in [7, 11) is -3.10. The van der Waals surface area contributed by atoms with E-state index in [2.05, 4.69) is 53.1 Å². The third-order valence-electron chi connectivity index (χ3n) is 5.19. The van der Waals surface area contributed by atoms with Gasteiger partial charge in [0.2, 0.25) is 0 Å². The van der Waals surface area contributed by atoms with E-state index in [0.29, 0.717) is 13.2 Å². The number of thioether (sulfide) groups is 1. The van der Waals surface area contributed by atoms with Crippen LogP contribution in [0.5, 0.6) is 0 Å². The van der Waals surface area contributed by atoms with Crippen LogP contribution in [0.1, 0.15) is 25.0 Å². The maximum absolute atomic E-state index is 12.8. The van der Waals surface area contributed by atoms with Crippen molar-refractivity contribution in [3.8, 4) is 0 Å². The molecule has 0 atom stereocenters. The van der Waals surface area contributed by atoms with Crippen molar-refractivity contribution in [2.45, 2.75) is 31.6 Å². The van der Waals surface area contributed by atoms with Gasteiger partial charge >= 0.3 is 7.60 Å². The number of hydrogen-bond donors (Lipinski definition) is 0. The molecule has 0 unspecified atom stereocenters. The predicted molar refractivity (Wildman–Crippen MR) is 129 cm³/mol. The molecule has 31 heavy (non-hydrogen) atoms. The number of hydrogen-bond acceptors (Lipinski definition) is 5. The minimum atomic E-state index is -3.10. The van der Waals surface area contributed by atoms with E-state index in [1.54, 1.807) is 11.8 Å². The van der Waals surface area contributed by atoms with Gasteiger partial charge in [-0.15, -0.1) is 11.8 Å². The molecular weight excluding hydrogens is 427 g/mol. The highest BCUT2D eigenvalue weighted by molar-refractivity contribution is 7.98. The first-order valence-electron chi connectivity index (χ1n) is 10.4. The second-order valence-electron chi connectivity index (χ2n) is 7.25. The minimum absolute atomic E-state index is 0.283. The number of pyridine rings is 1. The largest absolute Gasteiger partial charge is 0.335 e. The van der Waals surface area contributed by atoms with E-state index in [1.165, 1.54) is 16.5 Å². The van der Waals surface area contributed by atoms with E-state index in [0.717, 1.165) is 28.2 Å². The lowest BCUT2D eigenvalue weighted by Gasteiger charge is -2.17. The summed E-state index contributed by atoms with van der Waals surface area (Å²) in [5, 5.41) is 2.19. The van der Waals surface area contributed by atoms with E-state index in [4.69, 9.17) is 14.0 Å². The van der Waals surface area contributed by atoms with Crippen molar-refractivity contribution in [2.75, 3.05) is 19.5 Å². The van der Waals surface area contributed by atoms with Crippen molar-refractivity contribution in [1.29, 1.82) is 0 Å². The maximum Gasteiger partial charge on any atom is 0.335 e. The lowest BCUT2D eigenvalue weighted by molar-refractivity contribution is 0.219. The summed E-state index contributed by atoms with van der Waals surface area (Å²) in [5.74, 6) is 0. The highest BCUT2D eigenvalue weighted by Gasteiger charge is 2.24. The highest BCUT2D eigenvalue weighted by Crippen LogP contribution is 2.51. The standard InChI is InChI=1S/C24H27N2O3PS/c1-4-28-30(27,29-5-2)17-19-12-10-18(11-13-19)16-26-21-9-7-6-8-20(21)24-22(26)14-15-23(25-24)31-3/h6-15H,4-5,16-17H2,1-3H3. The van der Waals surface area contributed by atoms with Crippen LogP contribution in [0, 0.1) is 0 Å². The van der Waals surface area contributed by atoms with Gasteiger partial charge in [-0.1, -0.05) is 42.5 Å². The SMILES string of the molecule is CCOP(=O)(Cc1ccc(Cn2c3ccccc3c3nc(SC)ccc32)cc1)OCC. The molecule has 0 spiro atoms. The summed E-state index contributed by atoms with van der Waals surface area (Å²) >= 11 is 1.65. The van der Waals surface area contributed by atoms with Gasteiger partial charge in [-0.2, -0.15) is 0 Å². The summed E-state index contributed by atoms with van der Waals surface area (Å²) in [6.45, 7) is 5.14. The fourth-order valence-electron chi connectivity index (χ4n) is 3.85. The third kappa shape index (κ3) is 4.73. The lowest BCUT2D eigenvalue weighted by atomic mass is 10.1. The van der Waals surface area contributed by atoms with E-state index in [9.17, 15) is 4.57 Å². The molecule has 0 fully saturated rings. The van der Waals surface area contributed by atoms with Crippen molar-refractivity contribution in [3.05, 3.63) is 71.8 Å². The molecule has 0 saturated carbocycles. The first kappa shape index (κ1) is 22.1. The number of nitrogens with zero attached hydrogens (tertiary/aromatic N) is 2. The molecule has 0 aliphatic rings. The summed E-state index contributed by atoms with van der Waals surface area (Å²) in [6.07, 6.45) is 2.33. The number of para-hydroxylation sites is 1. The molecule has 0 aliphatic carbocycles. The van der Waals surface area contributed by atoms with Gasteiger partial charge < -0.3 is 13.6 Å². The van der Waals surface area contributed by atoms with Crippen molar-refractivity contribution in [3.63, 3.8) is 0 Å². The summed E-state index contributed by atoms with van der Waals surface area (Å²) < 4.78 is 26.0. The van der Waals surface area contributed by atoms with Crippen LogP contribution in [-0.2, 0) is 26.3 Å². The van der Waals surface area contributed by atoms with Crippen molar-refractivity contribution in [2.24, 2.45) is 0 Å². The molecule has 2 aromatic heterocycles. The summed E-state index contributed by atoms with van der Waals surface area (Å²) in [5.41, 5.74) is 5.45. The van der Waals surface area contributed by atoms with Crippen LogP contribution in [0.4, 0.5) is 0 Å². The monoisotopic (exact) mass is 454 g/mol. The van der Waals surface area contributed by atoms with Gasteiger partial charge in [-0.3, -0.25) is 4.57 Å². The zero-order valence-electron chi connectivity index (χ0n) is 18.1. The van der Waals surface area contributed by atoms with E-state index in [-0.39, 0.29) is 6.16 Å². The molecular formula is C24H27N2O3PS. The van der Waals surface area contributed by atoms with Gasteiger partial charge in [0.25, 0.3) is 0 Å². The fraction of sp³-hybridized carbons (Fsp3) is 0.292. The Morgan fingerprint density at radius 2 is 1.58 bits per heavy atom. The van der Waals surface area contributed by atoms with Crippen molar-refractivity contribution < 1.29 is 13.6 Å². The average molecular weight is 455 g/mol. The smallest absolute Gasteiger partial charge is 0.335 e. The van der Waals surface area contributed by atoms with E-state index >= 15 is 0 Å². The van der Waals surface area contributed by atoms with Crippen molar-refractivity contribution in [1.82, 2.24) is 9.55 Å². The maximum atomic E-state index is 12.8. The number of benzene rings is 2. The Labute approximate surface area is 187 Å². The molecule has 0 bridgehead atoms. The number of fused-ring (bicyclic) bond motifs is 3. The van der Waals surface area contributed by atoms with Crippen LogP contribution < -0.4 is 0 Å². The van der Waals surface area contributed by atoms with Gasteiger partial charge in [0.05, 0.1) is 41.0 Å². The lowest BCUT2D eigenvalue weighted by Crippen LogP contribution is -2.01. The average Bonchev–Trinajstić information content (AvgIpc) is 3.08. The molecule has 0 saturated heterocycles. The first-order valence-corrected chi connectivity index (χ1v) is 13.4. The molecule has 2 heterocycles. The Morgan fingerprint density at radius 3 is 2.26 bits per heavy atom. The Bertz CT molecular complexity index is 1230. The van der Waals surface area contributed by atoms with Crippen LogP contribution in [0.15, 0.2) is 65.7 Å². The Kier molecular flexibility index (Phi) is 6.83. The molecule has 4 aromatic rings. The predicted octanol–water partition coefficient (Wildman–Crippen LogP) is 6.73. The van der Waals surface area contributed by atoms with E-state index < -0.39 is 7.60 Å². The molecule has 2 aromatic carbocycles. The molecule has 0 aliphatic heterocycles. The molecule has 7 heteroatoms. The molecule has 162 valence electrons. The second-order valence-corrected chi connectivity index (χ2v) is 10.1. The van der Waals surface area contributed by atoms with Crippen LogP contribution in [0.2, 0.25) is 0 Å². The second kappa shape index (κ2) is 9.58. The molecule has 0 radical (unpaired) electrons. The van der Waals surface area contributed by atoms with Crippen molar-refractivity contribution >= 4 is 41.3 Å². The molecule has 0 N–H and O–H groups in total. The first-order chi connectivity index (χ1) is 15.1. The molecule has 4 rings (SSSR count). The summed E-state index contributed by atoms with van der Waals surface area (Å²) in [6, 6.07) is 20.8. The zero-order valence-corrected chi connectivity index (χ0v) is 19.8. The molecule has 0 amide bonds.